The van der Waals surface area contributed by atoms with Crippen molar-refractivity contribution < 1.29 is 27.9 Å². The second-order valence-corrected chi connectivity index (χ2v) is 12.4. The van der Waals surface area contributed by atoms with E-state index in [1.807, 2.05) is 20.8 Å². The number of nitrogens with zero attached hydrogens (tertiary/aromatic N) is 3. The molecule has 1 saturated heterocycles. The fourth-order valence-corrected chi connectivity index (χ4v) is 5.22. The van der Waals surface area contributed by atoms with Crippen molar-refractivity contribution in [3.63, 3.8) is 0 Å². The summed E-state index contributed by atoms with van der Waals surface area (Å²) in [4.78, 5) is 50.0. The Morgan fingerprint density at radius 2 is 1.85 bits per heavy atom. The summed E-state index contributed by atoms with van der Waals surface area (Å²) in [6.45, 7) is 7.99. The zero-order chi connectivity index (χ0) is 33.1. The number of rotatable bonds is 9. The van der Waals surface area contributed by atoms with Gasteiger partial charge in [0.15, 0.2) is 5.82 Å². The van der Waals surface area contributed by atoms with E-state index in [4.69, 9.17) is 16.3 Å². The smallest absolute Gasteiger partial charge is 0.245 e. The lowest BCUT2D eigenvalue weighted by molar-refractivity contribution is -0.142. The summed E-state index contributed by atoms with van der Waals surface area (Å²) in [5, 5.41) is 11.3. The molecule has 4 N–H and O–H groups in total. The number of piperidine rings is 1. The SMILES string of the molecule is CN[C@@H](C)C(=O)N[C@H](C(=O)N1CCCC(C(=O)Nc2cc3c(Nc4ccc(F)c(Cl)c4F)ncnc3cc2OC)C1)C(C)(C)C.Cl. The van der Waals surface area contributed by atoms with Crippen LogP contribution in [0.25, 0.3) is 10.9 Å². The van der Waals surface area contributed by atoms with E-state index in [1.54, 1.807) is 31.0 Å². The van der Waals surface area contributed by atoms with Gasteiger partial charge >= 0.3 is 0 Å². The van der Waals surface area contributed by atoms with Crippen molar-refractivity contribution in [1.29, 1.82) is 0 Å². The second kappa shape index (κ2) is 15.2. The molecule has 1 aliphatic rings. The third kappa shape index (κ3) is 8.12. The molecule has 0 aliphatic carbocycles. The van der Waals surface area contributed by atoms with Gasteiger partial charge in [-0.2, -0.15) is 0 Å². The number of likely N-dealkylation sites (N-methyl/N-ethyl adjacent to an activating group) is 1. The molecule has 2 heterocycles. The largest absolute Gasteiger partial charge is 0.494 e. The Hall–Kier alpha value is -3.81. The molecule has 2 aromatic carbocycles. The van der Waals surface area contributed by atoms with E-state index in [2.05, 4.69) is 31.2 Å². The Morgan fingerprint density at radius 1 is 1.13 bits per heavy atom. The van der Waals surface area contributed by atoms with Crippen LogP contribution >= 0.6 is 24.0 Å². The minimum Gasteiger partial charge on any atom is -0.494 e. The topological polar surface area (TPSA) is 138 Å². The molecule has 1 aromatic heterocycles. The molecular weight excluding hydrogens is 643 g/mol. The molecule has 11 nitrogen and oxygen atoms in total. The Kier molecular flexibility index (Phi) is 12.1. The fraction of sp³-hybridized carbons (Fsp3) is 0.452. The summed E-state index contributed by atoms with van der Waals surface area (Å²) >= 11 is 5.74. The molecule has 1 fully saturated rings. The number of methoxy groups -OCH3 is 1. The molecule has 0 bridgehead atoms. The van der Waals surface area contributed by atoms with Crippen molar-refractivity contribution >= 4 is 69.8 Å². The molecule has 3 amide bonds. The molecule has 15 heteroatoms. The highest BCUT2D eigenvalue weighted by Crippen LogP contribution is 2.35. The van der Waals surface area contributed by atoms with E-state index in [0.717, 1.165) is 6.07 Å². The van der Waals surface area contributed by atoms with Gasteiger partial charge in [-0.1, -0.05) is 32.4 Å². The summed E-state index contributed by atoms with van der Waals surface area (Å²) in [5.74, 6) is -2.75. The number of halogens is 4. The Balaban J connectivity index is 0.00000576. The average Bonchev–Trinajstić information content (AvgIpc) is 3.02. The number of fused-ring (bicyclic) bond motifs is 1. The number of ether oxygens (including phenoxy) is 1. The van der Waals surface area contributed by atoms with Crippen LogP contribution in [0.4, 0.5) is 26.0 Å². The quantitative estimate of drug-likeness (QED) is 0.230. The van der Waals surface area contributed by atoms with Gasteiger partial charge in [-0.3, -0.25) is 14.4 Å². The van der Waals surface area contributed by atoms with Gasteiger partial charge in [-0.15, -0.1) is 12.4 Å². The summed E-state index contributed by atoms with van der Waals surface area (Å²) < 4.78 is 33.8. The number of aromatic nitrogens is 2. The monoisotopic (exact) mass is 681 g/mol. The van der Waals surface area contributed by atoms with E-state index in [1.165, 1.54) is 19.5 Å². The Labute approximate surface area is 277 Å². The molecular formula is C31H39Cl2F2N7O4. The van der Waals surface area contributed by atoms with Gasteiger partial charge in [0, 0.05) is 24.5 Å². The third-order valence-electron chi connectivity index (χ3n) is 7.83. The first-order valence-corrected chi connectivity index (χ1v) is 14.9. The van der Waals surface area contributed by atoms with Crippen LogP contribution in [0, 0.1) is 23.0 Å². The van der Waals surface area contributed by atoms with E-state index < -0.39 is 40.1 Å². The highest BCUT2D eigenvalue weighted by Gasteiger charge is 2.39. The van der Waals surface area contributed by atoms with Crippen LogP contribution in [-0.4, -0.2) is 71.9 Å². The highest BCUT2D eigenvalue weighted by atomic mass is 35.5. The van der Waals surface area contributed by atoms with Crippen LogP contribution in [0.3, 0.4) is 0 Å². The number of hydrogen-bond acceptors (Lipinski definition) is 8. The zero-order valence-corrected chi connectivity index (χ0v) is 28.0. The van der Waals surface area contributed by atoms with Crippen LogP contribution in [0.5, 0.6) is 5.75 Å². The molecule has 0 saturated carbocycles. The van der Waals surface area contributed by atoms with Gasteiger partial charge in [-0.25, -0.2) is 18.7 Å². The van der Waals surface area contributed by atoms with Gasteiger partial charge in [0.1, 0.15) is 34.8 Å². The standard InChI is InChI=1S/C31H38ClF2N7O4.ClH/c1-16(35-5)28(42)40-26(31(2,3)4)30(44)41-11-7-8-17(14-41)29(43)39-22-12-18-21(13-23(22)45-6)36-15-37-27(18)38-20-10-9-19(33)24(32)25(20)34;/h9-10,12-13,15-17,26,35H,7-8,11,14H2,1-6H3,(H,39,43)(H,40,42)(H,36,37,38);1H/t16-,17?,26+;/m0./s1. The number of nitrogens with one attached hydrogen (secondary N) is 4. The lowest BCUT2D eigenvalue weighted by Gasteiger charge is -2.38. The summed E-state index contributed by atoms with van der Waals surface area (Å²) in [7, 11) is 3.12. The molecule has 250 valence electrons. The number of likely N-dealkylation sites (tertiary alicyclic amines) is 1. The van der Waals surface area contributed by atoms with Crippen molar-refractivity contribution in [2.45, 2.75) is 52.6 Å². The van der Waals surface area contributed by atoms with Gasteiger partial charge in [0.25, 0.3) is 0 Å². The predicted molar refractivity (Wildman–Crippen MR) is 176 cm³/mol. The summed E-state index contributed by atoms with van der Waals surface area (Å²) in [5.41, 5.74) is 0.0899. The van der Waals surface area contributed by atoms with Gasteiger partial charge < -0.3 is 30.9 Å². The number of carbonyl (C=O) groups excluding carboxylic acids is 3. The van der Waals surface area contributed by atoms with E-state index >= 15 is 0 Å². The summed E-state index contributed by atoms with van der Waals surface area (Å²) in [6.07, 6.45) is 2.42. The molecule has 3 atom stereocenters. The van der Waals surface area contributed by atoms with Crippen molar-refractivity contribution in [2.24, 2.45) is 11.3 Å². The number of benzene rings is 2. The number of carbonyl (C=O) groups is 3. The van der Waals surface area contributed by atoms with E-state index in [-0.39, 0.29) is 48.2 Å². The van der Waals surface area contributed by atoms with Crippen LogP contribution in [-0.2, 0) is 14.4 Å². The molecule has 0 radical (unpaired) electrons. The lowest BCUT2D eigenvalue weighted by atomic mass is 9.84. The zero-order valence-electron chi connectivity index (χ0n) is 26.5. The fourth-order valence-electron chi connectivity index (χ4n) is 5.06. The first kappa shape index (κ1) is 36.7. The van der Waals surface area contributed by atoms with Crippen molar-refractivity contribution in [1.82, 2.24) is 25.5 Å². The number of hydrogen-bond donors (Lipinski definition) is 4. The third-order valence-corrected chi connectivity index (χ3v) is 8.18. The van der Waals surface area contributed by atoms with Crippen molar-refractivity contribution in [3.05, 3.63) is 47.2 Å². The second-order valence-electron chi connectivity index (χ2n) is 12.1. The van der Waals surface area contributed by atoms with Crippen LogP contribution in [0.2, 0.25) is 5.02 Å². The van der Waals surface area contributed by atoms with E-state index in [0.29, 0.717) is 41.7 Å². The minimum absolute atomic E-state index is 0. The molecule has 3 aromatic rings. The Morgan fingerprint density at radius 3 is 2.50 bits per heavy atom. The minimum atomic E-state index is -0.980. The summed E-state index contributed by atoms with van der Waals surface area (Å²) in [6, 6.07) is 4.17. The van der Waals surface area contributed by atoms with Gasteiger partial charge in [0.2, 0.25) is 17.7 Å². The predicted octanol–water partition coefficient (Wildman–Crippen LogP) is 5.05. The van der Waals surface area contributed by atoms with Crippen molar-refractivity contribution in [3.8, 4) is 5.75 Å². The first-order chi connectivity index (χ1) is 21.2. The van der Waals surface area contributed by atoms with Gasteiger partial charge in [-0.05, 0) is 50.4 Å². The molecule has 4 rings (SSSR count). The van der Waals surface area contributed by atoms with Crippen LogP contribution in [0.1, 0.15) is 40.5 Å². The first-order valence-electron chi connectivity index (χ1n) is 14.6. The lowest BCUT2D eigenvalue weighted by Crippen LogP contribution is -2.59. The maximum atomic E-state index is 14.6. The van der Waals surface area contributed by atoms with Crippen LogP contribution in [0.15, 0.2) is 30.6 Å². The molecule has 0 spiro atoms. The number of anilines is 3. The number of amides is 3. The Bertz CT molecular complexity index is 1610. The van der Waals surface area contributed by atoms with E-state index in [9.17, 15) is 23.2 Å². The van der Waals surface area contributed by atoms with Crippen molar-refractivity contribution in [2.75, 3.05) is 37.9 Å². The average molecular weight is 683 g/mol. The molecule has 46 heavy (non-hydrogen) atoms. The normalized spacial score (nSPS) is 16.2. The van der Waals surface area contributed by atoms with Gasteiger partial charge in [0.05, 0.1) is 36.0 Å². The molecule has 1 aliphatic heterocycles. The maximum absolute atomic E-state index is 14.6. The van der Waals surface area contributed by atoms with Crippen LogP contribution < -0.4 is 26.0 Å². The highest BCUT2D eigenvalue weighted by molar-refractivity contribution is 6.31. The molecule has 1 unspecified atom stereocenters. The maximum Gasteiger partial charge on any atom is 0.245 e.